The van der Waals surface area contributed by atoms with Crippen LogP contribution in [0.1, 0.15) is 19.2 Å². The first-order valence-corrected chi connectivity index (χ1v) is 7.96. The lowest BCUT2D eigenvalue weighted by Gasteiger charge is -2.33. The van der Waals surface area contributed by atoms with Crippen LogP contribution in [0.2, 0.25) is 0 Å². The van der Waals surface area contributed by atoms with Crippen molar-refractivity contribution >= 4 is 15.9 Å². The zero-order valence-electron chi connectivity index (χ0n) is 12.0. The van der Waals surface area contributed by atoms with E-state index in [0.29, 0.717) is 24.2 Å². The lowest BCUT2D eigenvalue weighted by molar-refractivity contribution is 0.142. The van der Waals surface area contributed by atoms with Crippen molar-refractivity contribution in [2.75, 3.05) is 13.1 Å². The number of hydrogen-bond acceptors (Lipinski definition) is 5. The number of nitrogens with zero attached hydrogens (tertiary/aromatic N) is 3. The third-order valence-electron chi connectivity index (χ3n) is 3.68. The minimum atomic E-state index is 0.237. The summed E-state index contributed by atoms with van der Waals surface area (Å²) in [5.74, 6) is 1.88. The summed E-state index contributed by atoms with van der Waals surface area (Å²) in [5, 5.41) is 4.07. The van der Waals surface area contributed by atoms with E-state index >= 15 is 0 Å². The minimum Gasteiger partial charge on any atom is -0.338 e. The maximum absolute atomic E-state index is 6.07. The molecule has 0 amide bonds. The molecule has 2 aromatic rings. The molecule has 2 unspecified atom stereocenters. The van der Waals surface area contributed by atoms with Gasteiger partial charge in [0, 0.05) is 29.2 Å². The lowest BCUT2D eigenvalue weighted by atomic mass is 9.97. The Morgan fingerprint density at radius 1 is 1.43 bits per heavy atom. The molecule has 6 heteroatoms. The molecule has 1 aromatic carbocycles. The molecule has 2 N–H and O–H groups in total. The van der Waals surface area contributed by atoms with Crippen LogP contribution in [-0.4, -0.2) is 34.2 Å². The van der Waals surface area contributed by atoms with E-state index in [1.54, 1.807) is 0 Å². The van der Waals surface area contributed by atoms with Gasteiger partial charge in [0.1, 0.15) is 0 Å². The molecule has 112 valence electrons. The number of halogens is 1. The minimum absolute atomic E-state index is 0.237. The smallest absolute Gasteiger partial charge is 0.241 e. The van der Waals surface area contributed by atoms with Crippen LogP contribution in [-0.2, 0) is 6.54 Å². The SMILES string of the molecule is CC1CC(N)CN(Cc2nc(-c3cccc(Br)c3)no2)C1. The average molecular weight is 351 g/mol. The van der Waals surface area contributed by atoms with Crippen LogP contribution in [0, 0.1) is 5.92 Å². The van der Waals surface area contributed by atoms with Crippen molar-refractivity contribution in [3.63, 3.8) is 0 Å². The summed E-state index contributed by atoms with van der Waals surface area (Å²) >= 11 is 3.45. The molecule has 21 heavy (non-hydrogen) atoms. The Bertz CT molecular complexity index is 605. The summed E-state index contributed by atoms with van der Waals surface area (Å²) in [5.41, 5.74) is 7.02. The lowest BCUT2D eigenvalue weighted by Crippen LogP contribution is -2.45. The molecule has 2 atom stereocenters. The molecule has 2 heterocycles. The highest BCUT2D eigenvalue weighted by molar-refractivity contribution is 9.10. The molecule has 0 aliphatic carbocycles. The molecular weight excluding hydrogens is 332 g/mol. The van der Waals surface area contributed by atoms with E-state index < -0.39 is 0 Å². The molecule has 1 saturated heterocycles. The summed E-state index contributed by atoms with van der Waals surface area (Å²) in [6, 6.07) is 8.12. The fraction of sp³-hybridized carbons (Fsp3) is 0.467. The second kappa shape index (κ2) is 6.25. The maximum atomic E-state index is 6.07. The second-order valence-corrected chi connectivity index (χ2v) is 6.73. The number of benzene rings is 1. The van der Waals surface area contributed by atoms with Gasteiger partial charge in [-0.05, 0) is 24.5 Å². The van der Waals surface area contributed by atoms with Gasteiger partial charge in [0.15, 0.2) is 0 Å². The van der Waals surface area contributed by atoms with Gasteiger partial charge in [-0.1, -0.05) is 40.1 Å². The zero-order valence-corrected chi connectivity index (χ0v) is 13.6. The number of rotatable bonds is 3. The fourth-order valence-electron chi connectivity index (χ4n) is 2.90. The molecule has 1 aliphatic rings. The van der Waals surface area contributed by atoms with Crippen molar-refractivity contribution in [2.45, 2.75) is 25.9 Å². The van der Waals surface area contributed by atoms with Gasteiger partial charge in [0.25, 0.3) is 0 Å². The summed E-state index contributed by atoms with van der Waals surface area (Å²) in [6.45, 7) is 4.81. The molecule has 0 bridgehead atoms. The van der Waals surface area contributed by atoms with Gasteiger partial charge in [-0.3, -0.25) is 4.90 Å². The highest BCUT2D eigenvalue weighted by Gasteiger charge is 2.23. The summed E-state index contributed by atoms with van der Waals surface area (Å²) in [4.78, 5) is 6.77. The van der Waals surface area contributed by atoms with E-state index in [9.17, 15) is 0 Å². The topological polar surface area (TPSA) is 68.2 Å². The van der Waals surface area contributed by atoms with Crippen LogP contribution in [0.4, 0.5) is 0 Å². The Hall–Kier alpha value is -1.24. The normalized spacial score (nSPS) is 23.4. The molecule has 1 fully saturated rings. The van der Waals surface area contributed by atoms with Gasteiger partial charge in [0.05, 0.1) is 6.54 Å². The van der Waals surface area contributed by atoms with Gasteiger partial charge >= 0.3 is 0 Å². The third kappa shape index (κ3) is 3.70. The highest BCUT2D eigenvalue weighted by Crippen LogP contribution is 2.21. The molecule has 1 aromatic heterocycles. The number of hydrogen-bond donors (Lipinski definition) is 1. The van der Waals surface area contributed by atoms with Gasteiger partial charge < -0.3 is 10.3 Å². The largest absolute Gasteiger partial charge is 0.338 e. The zero-order chi connectivity index (χ0) is 14.8. The van der Waals surface area contributed by atoms with E-state index in [1.165, 1.54) is 0 Å². The number of nitrogens with two attached hydrogens (primary N) is 1. The van der Waals surface area contributed by atoms with Crippen molar-refractivity contribution < 1.29 is 4.52 Å². The van der Waals surface area contributed by atoms with Crippen LogP contribution in [0.5, 0.6) is 0 Å². The maximum Gasteiger partial charge on any atom is 0.241 e. The van der Waals surface area contributed by atoms with Gasteiger partial charge in [-0.15, -0.1) is 0 Å². The van der Waals surface area contributed by atoms with Crippen molar-refractivity contribution in [2.24, 2.45) is 11.7 Å². The van der Waals surface area contributed by atoms with Crippen molar-refractivity contribution in [3.8, 4) is 11.4 Å². The Morgan fingerprint density at radius 3 is 3.05 bits per heavy atom. The number of likely N-dealkylation sites (tertiary alicyclic amines) is 1. The predicted molar refractivity (Wildman–Crippen MR) is 84.5 cm³/mol. The number of piperidine rings is 1. The summed E-state index contributed by atoms with van der Waals surface area (Å²) < 4.78 is 6.38. The van der Waals surface area contributed by atoms with E-state index in [2.05, 4.69) is 37.9 Å². The van der Waals surface area contributed by atoms with Crippen molar-refractivity contribution in [1.29, 1.82) is 0 Å². The third-order valence-corrected chi connectivity index (χ3v) is 4.17. The predicted octanol–water partition coefficient (Wildman–Crippen LogP) is 2.67. The summed E-state index contributed by atoms with van der Waals surface area (Å²) in [7, 11) is 0. The second-order valence-electron chi connectivity index (χ2n) is 5.82. The van der Waals surface area contributed by atoms with Gasteiger partial charge in [-0.2, -0.15) is 4.98 Å². The monoisotopic (exact) mass is 350 g/mol. The standard InChI is InChI=1S/C15H19BrN4O/c1-10-5-13(17)8-20(7-10)9-14-18-15(19-21-14)11-3-2-4-12(16)6-11/h2-4,6,10,13H,5,7-9,17H2,1H3. The van der Waals surface area contributed by atoms with E-state index in [0.717, 1.165) is 29.5 Å². The van der Waals surface area contributed by atoms with Crippen LogP contribution in [0.3, 0.4) is 0 Å². The van der Waals surface area contributed by atoms with Gasteiger partial charge in [0.2, 0.25) is 11.7 Å². The Balaban J connectivity index is 1.70. The van der Waals surface area contributed by atoms with Crippen molar-refractivity contribution in [3.05, 3.63) is 34.6 Å². The summed E-state index contributed by atoms with van der Waals surface area (Å²) in [6.07, 6.45) is 1.09. The first-order chi connectivity index (χ1) is 10.1. The van der Waals surface area contributed by atoms with Crippen LogP contribution in [0.15, 0.2) is 33.3 Å². The van der Waals surface area contributed by atoms with Crippen LogP contribution in [0.25, 0.3) is 11.4 Å². The molecule has 5 nitrogen and oxygen atoms in total. The molecule has 0 spiro atoms. The average Bonchev–Trinajstić information content (AvgIpc) is 2.86. The Morgan fingerprint density at radius 2 is 2.29 bits per heavy atom. The van der Waals surface area contributed by atoms with Crippen molar-refractivity contribution in [1.82, 2.24) is 15.0 Å². The van der Waals surface area contributed by atoms with E-state index in [-0.39, 0.29) is 6.04 Å². The Kier molecular flexibility index (Phi) is 4.37. The van der Waals surface area contributed by atoms with Gasteiger partial charge in [-0.25, -0.2) is 0 Å². The fourth-order valence-corrected chi connectivity index (χ4v) is 3.30. The van der Waals surface area contributed by atoms with Crippen LogP contribution < -0.4 is 5.73 Å². The molecule has 0 saturated carbocycles. The highest BCUT2D eigenvalue weighted by atomic mass is 79.9. The first-order valence-electron chi connectivity index (χ1n) is 7.16. The number of aromatic nitrogens is 2. The van der Waals surface area contributed by atoms with E-state index in [4.69, 9.17) is 10.3 Å². The van der Waals surface area contributed by atoms with Crippen LogP contribution >= 0.6 is 15.9 Å². The molecular formula is C15H19BrN4O. The quantitative estimate of drug-likeness (QED) is 0.921. The molecule has 3 rings (SSSR count). The Labute approximate surface area is 132 Å². The molecule has 0 radical (unpaired) electrons. The first kappa shape index (κ1) is 14.7. The van der Waals surface area contributed by atoms with E-state index in [1.807, 2.05) is 24.3 Å². The molecule has 1 aliphatic heterocycles.